The average molecular weight is 1030 g/mol. The Morgan fingerprint density at radius 1 is 0.304 bits per heavy atom. The van der Waals surface area contributed by atoms with E-state index in [1.807, 2.05) is 0 Å². The first kappa shape index (κ1) is 43.1. The van der Waals surface area contributed by atoms with Crippen molar-refractivity contribution >= 4 is 134 Å². The third-order valence-electron chi connectivity index (χ3n) is 16.7. The molecule has 1 atom stereocenters. The molecule has 6 heterocycles. The van der Waals surface area contributed by atoms with E-state index in [0.717, 1.165) is 144 Å². The van der Waals surface area contributed by atoms with Gasteiger partial charge in [0, 0.05) is 89.6 Å². The molecule has 6 nitrogen and oxygen atoms in total. The van der Waals surface area contributed by atoms with Gasteiger partial charge in [-0.3, -0.25) is 0 Å². The predicted octanol–water partition coefficient (Wildman–Crippen LogP) is 18.5. The maximum absolute atomic E-state index is 6.82. The minimum absolute atomic E-state index is 0.107. The van der Waals surface area contributed by atoms with Crippen molar-refractivity contribution in [3.8, 4) is 39.1 Å². The lowest BCUT2D eigenvalue weighted by atomic mass is 9.95. The molecule has 18 rings (SSSR count). The summed E-state index contributed by atoms with van der Waals surface area (Å²) in [6, 6.07) is 77.7. The molecule has 7 heteroatoms. The van der Waals surface area contributed by atoms with E-state index in [2.05, 4.69) is 231 Å². The van der Waals surface area contributed by atoms with Crippen LogP contribution in [-0.4, -0.2) is 14.9 Å². The van der Waals surface area contributed by atoms with Crippen LogP contribution < -0.4 is 15.1 Å². The zero-order valence-electron chi connectivity index (χ0n) is 42.2. The van der Waals surface area contributed by atoms with Gasteiger partial charge in [-0.15, -0.1) is 0 Å². The molecule has 1 aliphatic heterocycles. The third kappa shape index (κ3) is 6.57. The minimum Gasteiger partial charge on any atom is -0.485 e. The van der Waals surface area contributed by atoms with E-state index in [0.29, 0.717) is 0 Å². The first-order valence-corrected chi connectivity index (χ1v) is 28.3. The van der Waals surface area contributed by atoms with Crippen LogP contribution in [0.25, 0.3) is 149 Å². The molecule has 1 unspecified atom stereocenters. The summed E-state index contributed by atoms with van der Waals surface area (Å²) in [6.45, 7) is 0. The highest BCUT2D eigenvalue weighted by Gasteiger charge is 2.43. The van der Waals surface area contributed by atoms with Crippen molar-refractivity contribution < 1.29 is 26.8 Å². The van der Waals surface area contributed by atoms with Crippen LogP contribution in [0.3, 0.4) is 0 Å². The molecule has 0 N–H and O–H groups in total. The van der Waals surface area contributed by atoms with E-state index in [1.165, 1.54) is 37.8 Å². The van der Waals surface area contributed by atoms with E-state index in [1.54, 1.807) is 0 Å². The normalized spacial score (nSPS) is 14.4. The van der Waals surface area contributed by atoms with Crippen molar-refractivity contribution in [3.63, 3.8) is 0 Å². The number of benzene rings is 11. The van der Waals surface area contributed by atoms with Gasteiger partial charge in [-0.05, 0) is 137 Å². The predicted molar refractivity (Wildman–Crippen MR) is 322 cm³/mol. The molecule has 16 aromatic rings. The quantitative estimate of drug-likeness (QED) is 0.155. The molecular formula is C72H41O6Si+. The Balaban J connectivity index is 0.814. The second-order valence-electron chi connectivity index (χ2n) is 21.2. The smallest absolute Gasteiger partial charge is 0.428 e. The van der Waals surface area contributed by atoms with E-state index in [4.69, 9.17) is 26.8 Å². The fourth-order valence-corrected chi connectivity index (χ4v) is 15.5. The number of allylic oxidation sites excluding steroid dienone is 2. The highest BCUT2D eigenvalue weighted by atomic mass is 28.3. The maximum atomic E-state index is 6.82. The van der Waals surface area contributed by atoms with E-state index in [9.17, 15) is 0 Å². The average Bonchev–Trinajstić information content (AvgIpc) is 4.49. The summed E-state index contributed by atoms with van der Waals surface area (Å²) in [5.74, 6) is 0.857. The minimum atomic E-state index is -1.73. The Hall–Kier alpha value is -10.1. The van der Waals surface area contributed by atoms with Gasteiger partial charge in [0.15, 0.2) is 0 Å². The molecule has 368 valence electrons. The monoisotopic (exact) mass is 1030 g/mol. The fraction of sp³-hybridized carbons (Fsp3) is 0.0278. The molecule has 5 aromatic heterocycles. The SMILES string of the molecule is C1=C2c3cc4c(cc3OC2CC=C1[Si+](c1ccc2oc3cc5oc6ccc(-c7ccccc7)cc6c5cc3c2c1)c1ccc2oc3cc5oc6ccc(-c7ccccc7)cc6c5cc3c2c1)oc1ccc(-c2ccccc2)cc14. The number of hydrogen-bond acceptors (Lipinski definition) is 6. The summed E-state index contributed by atoms with van der Waals surface area (Å²) in [7, 11) is -1.73. The molecule has 11 aromatic carbocycles. The van der Waals surface area contributed by atoms with Gasteiger partial charge in [0.25, 0.3) is 0 Å². The lowest BCUT2D eigenvalue weighted by Gasteiger charge is -2.16. The Kier molecular flexibility index (Phi) is 8.84. The summed E-state index contributed by atoms with van der Waals surface area (Å²) in [6.07, 6.45) is 5.49. The van der Waals surface area contributed by atoms with E-state index >= 15 is 0 Å². The van der Waals surface area contributed by atoms with Crippen molar-refractivity contribution in [1.82, 2.24) is 0 Å². The molecule has 0 saturated heterocycles. The van der Waals surface area contributed by atoms with Gasteiger partial charge in [-0.2, -0.15) is 0 Å². The van der Waals surface area contributed by atoms with Crippen molar-refractivity contribution in [2.45, 2.75) is 12.5 Å². The lowest BCUT2D eigenvalue weighted by Crippen LogP contribution is -2.44. The number of fused-ring (bicyclic) bond motifs is 18. The van der Waals surface area contributed by atoms with Crippen molar-refractivity contribution in [1.29, 1.82) is 0 Å². The zero-order valence-corrected chi connectivity index (χ0v) is 43.2. The Morgan fingerprint density at radius 2 is 0.671 bits per heavy atom. The highest BCUT2D eigenvalue weighted by Crippen LogP contribution is 2.47. The Labute approximate surface area is 451 Å². The topological polar surface area (TPSA) is 74.9 Å². The second-order valence-corrected chi connectivity index (χ2v) is 23.7. The van der Waals surface area contributed by atoms with Crippen LogP contribution in [0.1, 0.15) is 12.0 Å². The first-order valence-electron chi connectivity index (χ1n) is 26.8. The zero-order chi connectivity index (χ0) is 51.4. The van der Waals surface area contributed by atoms with Crippen LogP contribution >= 0.6 is 0 Å². The first-order chi connectivity index (χ1) is 39.0. The maximum Gasteiger partial charge on any atom is 0.428 e. The number of rotatable bonds is 6. The number of furan rings is 5. The summed E-state index contributed by atoms with van der Waals surface area (Å²) in [5.41, 5.74) is 17.6. The van der Waals surface area contributed by atoms with Crippen LogP contribution in [0, 0.1) is 0 Å². The van der Waals surface area contributed by atoms with E-state index in [-0.39, 0.29) is 6.10 Å². The summed E-state index contributed by atoms with van der Waals surface area (Å²) in [4.78, 5) is 0. The molecular weight excluding hydrogens is 989 g/mol. The van der Waals surface area contributed by atoms with Gasteiger partial charge in [-0.1, -0.05) is 109 Å². The molecule has 0 bridgehead atoms. The fourth-order valence-electron chi connectivity index (χ4n) is 12.8. The van der Waals surface area contributed by atoms with Crippen LogP contribution in [0.5, 0.6) is 5.75 Å². The second kappa shape index (κ2) is 16.2. The molecule has 0 radical (unpaired) electrons. The van der Waals surface area contributed by atoms with Crippen LogP contribution in [0.2, 0.25) is 0 Å². The molecule has 0 fully saturated rings. The number of hydrogen-bond donors (Lipinski definition) is 0. The standard InChI is InChI=1S/C72H41O6Si/c1-4-10-40(11-5-1)43-16-22-61-49(28-43)55-34-58-52-31-46(19-25-64(52)76-70(58)37-67(55)73-61)79(47-20-26-65-53(32-47)59-35-56-50-29-44(41-12-6-2-7-13-41)17-23-62(50)74-68(56)38-71(59)77-65)48-21-27-66-54(33-48)60-36-57-51-30-45(42-14-8-3-9-15-42)18-24-63(51)75-69(57)39-72(60)78-66/h1-26,28-39,66H,27H2/q+1. The molecule has 2 aliphatic rings. The van der Waals surface area contributed by atoms with Gasteiger partial charge in [-0.25, -0.2) is 0 Å². The molecule has 0 saturated carbocycles. The van der Waals surface area contributed by atoms with Crippen molar-refractivity contribution in [3.05, 3.63) is 241 Å². The van der Waals surface area contributed by atoms with Gasteiger partial charge in [0.1, 0.15) is 83.3 Å². The van der Waals surface area contributed by atoms with Gasteiger partial charge in [0.05, 0.1) is 0 Å². The summed E-state index contributed by atoms with van der Waals surface area (Å²) >= 11 is 0. The van der Waals surface area contributed by atoms with Gasteiger partial charge >= 0.3 is 8.80 Å². The Bertz CT molecular complexity index is 5090. The summed E-state index contributed by atoms with van der Waals surface area (Å²) < 4.78 is 39.7. The summed E-state index contributed by atoms with van der Waals surface area (Å²) in [5, 5.41) is 14.5. The number of ether oxygens (including phenoxy) is 1. The largest absolute Gasteiger partial charge is 0.485 e. The molecule has 1 aliphatic carbocycles. The van der Waals surface area contributed by atoms with Crippen molar-refractivity contribution in [2.75, 3.05) is 0 Å². The Morgan fingerprint density at radius 3 is 1.10 bits per heavy atom. The van der Waals surface area contributed by atoms with Gasteiger partial charge < -0.3 is 26.8 Å². The molecule has 0 spiro atoms. The van der Waals surface area contributed by atoms with Crippen molar-refractivity contribution in [2.24, 2.45) is 0 Å². The molecule has 0 amide bonds. The van der Waals surface area contributed by atoms with Crippen LogP contribution in [0.4, 0.5) is 0 Å². The van der Waals surface area contributed by atoms with Gasteiger partial charge in [0.2, 0.25) is 0 Å². The van der Waals surface area contributed by atoms with Crippen LogP contribution in [0.15, 0.2) is 258 Å². The molecule has 79 heavy (non-hydrogen) atoms. The lowest BCUT2D eigenvalue weighted by molar-refractivity contribution is 0.279. The highest BCUT2D eigenvalue weighted by molar-refractivity contribution is 6.91. The van der Waals surface area contributed by atoms with Crippen LogP contribution in [-0.2, 0) is 0 Å². The van der Waals surface area contributed by atoms with E-state index < -0.39 is 8.80 Å². The third-order valence-corrected chi connectivity index (χ3v) is 19.4.